The van der Waals surface area contributed by atoms with Gasteiger partial charge in [-0.1, -0.05) is 12.1 Å². The van der Waals surface area contributed by atoms with Crippen molar-refractivity contribution < 1.29 is 68.1 Å². The number of aliphatic hydroxyl groups excluding tert-OH is 2. The Morgan fingerprint density at radius 2 is 0.880 bits per heavy atom. The van der Waals surface area contributed by atoms with E-state index in [0.29, 0.717) is 82.9 Å². The zero-order valence-corrected chi connectivity index (χ0v) is 42.5. The number of amides is 11. The molecule has 0 bridgehead atoms. The lowest BCUT2D eigenvalue weighted by molar-refractivity contribution is -0.154. The molecule has 11 amide bonds. The van der Waals surface area contributed by atoms with Gasteiger partial charge in [0, 0.05) is 52.6 Å². The zero-order chi connectivity index (χ0) is 54.2. The number of aliphatic hydroxyl groups is 2. The second-order valence-corrected chi connectivity index (χ2v) is 20.4. The highest BCUT2D eigenvalue weighted by molar-refractivity contribution is 5.99. The molecule has 6 heterocycles. The van der Waals surface area contributed by atoms with Gasteiger partial charge in [0.1, 0.15) is 66.2 Å². The molecule has 10 atom stereocenters. The van der Waals surface area contributed by atoms with Crippen LogP contribution in [0.4, 0.5) is 0 Å². The number of benzene rings is 1. The molecule has 6 aliphatic rings. The molecule has 25 heteroatoms. The van der Waals surface area contributed by atoms with Gasteiger partial charge in [-0.2, -0.15) is 0 Å². The van der Waals surface area contributed by atoms with Crippen LogP contribution in [0.3, 0.4) is 0 Å². The lowest BCUT2D eigenvalue weighted by atomic mass is 10.0. The van der Waals surface area contributed by atoms with Crippen LogP contribution in [0.1, 0.15) is 96.5 Å². The van der Waals surface area contributed by atoms with Crippen LogP contribution in [-0.2, 0) is 59.2 Å². The van der Waals surface area contributed by atoms with Crippen LogP contribution in [-0.4, -0.2) is 223 Å². The minimum absolute atomic E-state index is 0.0752. The van der Waals surface area contributed by atoms with E-state index in [9.17, 15) is 68.1 Å². The number of likely N-dealkylation sites (tertiary alicyclic amines) is 6. The van der Waals surface area contributed by atoms with Crippen LogP contribution in [0.5, 0.6) is 5.75 Å². The van der Waals surface area contributed by atoms with E-state index in [0.717, 1.165) is 0 Å². The summed E-state index contributed by atoms with van der Waals surface area (Å²) in [6.45, 7) is 2.29. The van der Waals surface area contributed by atoms with E-state index >= 15 is 0 Å². The fraction of sp³-hybridized carbons (Fsp3) is 0.660. The summed E-state index contributed by atoms with van der Waals surface area (Å²) in [5.41, 5.74) is 6.03. The van der Waals surface area contributed by atoms with Crippen molar-refractivity contribution in [2.24, 2.45) is 5.73 Å². The Kier molecular flexibility index (Phi) is 18.3. The zero-order valence-electron chi connectivity index (χ0n) is 42.5. The molecule has 1 aromatic carbocycles. The van der Waals surface area contributed by atoms with E-state index in [1.165, 1.54) is 67.5 Å². The minimum Gasteiger partial charge on any atom is -0.508 e. The Balaban J connectivity index is 0.997. The van der Waals surface area contributed by atoms with Gasteiger partial charge in [-0.05, 0) is 102 Å². The van der Waals surface area contributed by atoms with Crippen molar-refractivity contribution in [3.05, 3.63) is 29.8 Å². The molecule has 410 valence electrons. The average Bonchev–Trinajstić information content (AvgIpc) is 4.26. The first-order valence-electron chi connectivity index (χ1n) is 26.1. The number of carbonyl (C=O) groups excluding carboxylic acids is 11. The maximum Gasteiger partial charge on any atom is 0.248 e. The summed E-state index contributed by atoms with van der Waals surface area (Å²) in [6, 6.07) is -5.43. The fourth-order valence-corrected chi connectivity index (χ4v) is 11.6. The third kappa shape index (κ3) is 12.5. The van der Waals surface area contributed by atoms with Gasteiger partial charge >= 0.3 is 0 Å². The highest BCUT2D eigenvalue weighted by Gasteiger charge is 2.49. The average molecular weight is 1050 g/mol. The number of hydrogen-bond acceptors (Lipinski definition) is 14. The van der Waals surface area contributed by atoms with E-state index in [-0.39, 0.29) is 63.0 Å². The quantitative estimate of drug-likeness (QED) is 0.0703. The lowest BCUT2D eigenvalue weighted by Crippen LogP contribution is -2.61. The number of hydrogen-bond donors (Lipinski definition) is 8. The largest absolute Gasteiger partial charge is 0.508 e. The molecule has 0 unspecified atom stereocenters. The number of phenols is 1. The first kappa shape index (κ1) is 55.9. The Morgan fingerprint density at radius 3 is 1.32 bits per heavy atom. The first-order valence-corrected chi connectivity index (χ1v) is 26.1. The molecule has 75 heavy (non-hydrogen) atoms. The van der Waals surface area contributed by atoms with Crippen molar-refractivity contribution in [2.75, 3.05) is 52.5 Å². The maximum absolute atomic E-state index is 14.5. The summed E-state index contributed by atoms with van der Waals surface area (Å²) in [7, 11) is 0. The number of nitrogens with one attached hydrogen (secondary N) is 4. The van der Waals surface area contributed by atoms with E-state index in [1.807, 2.05) is 0 Å². The van der Waals surface area contributed by atoms with Gasteiger partial charge in [0.05, 0.1) is 13.2 Å². The van der Waals surface area contributed by atoms with E-state index < -0.39 is 127 Å². The summed E-state index contributed by atoms with van der Waals surface area (Å²) in [6.07, 6.45) is 4.76. The normalized spacial score (nSPS) is 25.1. The lowest BCUT2D eigenvalue weighted by Gasteiger charge is -2.36. The Hall–Kier alpha value is -6.89. The number of primary amides is 1. The van der Waals surface area contributed by atoms with Crippen molar-refractivity contribution in [3.8, 4) is 5.75 Å². The van der Waals surface area contributed by atoms with Gasteiger partial charge in [-0.25, -0.2) is 0 Å². The number of carbonyl (C=O) groups is 11. The maximum atomic E-state index is 14.5. The summed E-state index contributed by atoms with van der Waals surface area (Å²) < 4.78 is 0. The summed E-state index contributed by atoms with van der Waals surface area (Å²) >= 11 is 0. The smallest absolute Gasteiger partial charge is 0.248 e. The molecular formula is C50H71N11O14. The molecule has 0 aliphatic carbocycles. The van der Waals surface area contributed by atoms with Crippen molar-refractivity contribution >= 4 is 65.0 Å². The monoisotopic (exact) mass is 1050 g/mol. The van der Waals surface area contributed by atoms with Crippen LogP contribution < -0.4 is 27.0 Å². The van der Waals surface area contributed by atoms with Crippen molar-refractivity contribution in [1.82, 2.24) is 50.7 Å². The van der Waals surface area contributed by atoms with Crippen LogP contribution in [0.2, 0.25) is 0 Å². The van der Waals surface area contributed by atoms with Crippen LogP contribution >= 0.6 is 0 Å². The second-order valence-electron chi connectivity index (χ2n) is 20.4. The van der Waals surface area contributed by atoms with Gasteiger partial charge in [0.15, 0.2) is 0 Å². The first-order chi connectivity index (χ1) is 35.8. The molecule has 1 aromatic rings. The van der Waals surface area contributed by atoms with Gasteiger partial charge in [-0.3, -0.25) is 52.7 Å². The third-order valence-electron chi connectivity index (χ3n) is 15.4. The van der Waals surface area contributed by atoms with Crippen molar-refractivity contribution in [1.29, 1.82) is 0 Å². The van der Waals surface area contributed by atoms with Gasteiger partial charge in [-0.15, -0.1) is 0 Å². The summed E-state index contributed by atoms with van der Waals surface area (Å²) in [5, 5.41) is 40.7. The molecule has 9 N–H and O–H groups in total. The predicted octanol–water partition coefficient (Wildman–Crippen LogP) is -3.67. The van der Waals surface area contributed by atoms with Crippen molar-refractivity contribution in [2.45, 2.75) is 158 Å². The second kappa shape index (κ2) is 24.6. The highest BCUT2D eigenvalue weighted by Crippen LogP contribution is 2.32. The van der Waals surface area contributed by atoms with Crippen LogP contribution in [0, 0.1) is 0 Å². The number of rotatable bonds is 18. The molecule has 6 fully saturated rings. The molecule has 25 nitrogen and oxygen atoms in total. The number of aromatic hydroxyl groups is 1. The van der Waals surface area contributed by atoms with Gasteiger partial charge in [0.25, 0.3) is 0 Å². The summed E-state index contributed by atoms with van der Waals surface area (Å²) in [4.78, 5) is 158. The predicted molar refractivity (Wildman–Crippen MR) is 263 cm³/mol. The Labute approximate surface area is 434 Å². The van der Waals surface area contributed by atoms with Gasteiger partial charge < -0.3 is 71.7 Å². The topological polar surface area (TPSA) is 342 Å². The molecule has 6 saturated heterocycles. The SMILES string of the molecule is CC(=O)N[C@@H](C)C(=O)N1CCC[C@H]1C(=O)N[C@@H](CO)C(=O)N[C@@H](Cc1ccc(O)cc1)C(=O)N[C@@H](CO)C(=O)N1CCC[C@H]1C(=O)N1CCC[C@H]1C(=O)N1CCC[C@H]1C(=O)N1CCC[C@H]1C(=O)N1CCC[C@H]1C(N)=O. The van der Waals surface area contributed by atoms with E-state index in [2.05, 4.69) is 21.3 Å². The Morgan fingerprint density at radius 1 is 0.507 bits per heavy atom. The minimum atomic E-state index is -1.62. The molecule has 0 spiro atoms. The molecule has 0 aromatic heterocycles. The highest BCUT2D eigenvalue weighted by atomic mass is 16.3. The molecule has 0 saturated carbocycles. The van der Waals surface area contributed by atoms with E-state index in [1.54, 1.807) is 0 Å². The van der Waals surface area contributed by atoms with E-state index in [4.69, 9.17) is 5.73 Å². The Bertz CT molecular complexity index is 2370. The number of nitrogens with zero attached hydrogens (tertiary/aromatic N) is 6. The standard InChI is InChI=1S/C50H71N11O14/c1-28(52-29(2)64)45(70)57-20-4-10-36(57)44(69)54-33(26-62)43(68)53-32(25-30-15-17-31(65)18-16-30)42(67)55-34(27-63)46(71)58-21-5-11-37(58)48(73)60-23-7-13-39(60)50(75)61-24-8-14-40(61)49(74)59-22-6-12-38(59)47(72)56-19-3-9-35(56)41(51)66/h15-18,28,32-40,62-63,65H,3-14,19-27H2,1-2H3,(H2,51,66)(H,52,64)(H,53,68)(H,54,69)(H,55,67)/t28-,32-,33-,34-,35-,36-,37-,38-,39-,40-/m0/s1. The fourth-order valence-electron chi connectivity index (χ4n) is 11.6. The summed E-state index contributed by atoms with van der Waals surface area (Å²) in [5.74, 6) is -6.80. The number of phenolic OH excluding ortho intramolecular Hbond substituents is 1. The molecule has 0 radical (unpaired) electrons. The third-order valence-corrected chi connectivity index (χ3v) is 15.4. The molecule has 7 rings (SSSR count). The van der Waals surface area contributed by atoms with Crippen LogP contribution in [0.15, 0.2) is 24.3 Å². The molecular weight excluding hydrogens is 979 g/mol. The van der Waals surface area contributed by atoms with Gasteiger partial charge in [0.2, 0.25) is 65.0 Å². The molecule has 6 aliphatic heterocycles. The number of nitrogens with two attached hydrogens (primary N) is 1. The van der Waals surface area contributed by atoms with Crippen molar-refractivity contribution in [3.63, 3.8) is 0 Å². The van der Waals surface area contributed by atoms with Crippen LogP contribution in [0.25, 0.3) is 0 Å².